The quantitative estimate of drug-likeness (QED) is 0.351. The lowest BCUT2D eigenvalue weighted by atomic mass is 10.0. The Morgan fingerprint density at radius 2 is 1.54 bits per heavy atom. The Labute approximate surface area is 219 Å². The van der Waals surface area contributed by atoms with Gasteiger partial charge in [0.15, 0.2) is 5.82 Å². The average Bonchev–Trinajstić information content (AvgIpc) is 3.29. The normalized spacial score (nSPS) is 14.1. The SMILES string of the molecule is O=C(Nc1n[nH]c2ccc(Cc3cc(F)cc(F)c3)cc12)c1ccc(N2CCN(C(=O)C(F)(F)F)CC2)cc1. The second kappa shape index (κ2) is 10.4. The molecule has 1 aliphatic heterocycles. The van der Waals surface area contributed by atoms with Crippen LogP contribution in [0.5, 0.6) is 0 Å². The fourth-order valence-corrected chi connectivity index (χ4v) is 4.57. The Hall–Kier alpha value is -4.48. The second-order valence-corrected chi connectivity index (χ2v) is 9.18. The minimum atomic E-state index is -4.89. The van der Waals surface area contributed by atoms with Crippen molar-refractivity contribution in [1.29, 1.82) is 0 Å². The first-order valence-electron chi connectivity index (χ1n) is 12.0. The average molecular weight is 543 g/mol. The summed E-state index contributed by atoms with van der Waals surface area (Å²) in [7, 11) is 0. The fraction of sp³-hybridized carbons (Fsp3) is 0.222. The number of nitrogens with one attached hydrogen (secondary N) is 2. The molecule has 0 saturated carbocycles. The number of H-pyrrole nitrogens is 1. The molecular weight excluding hydrogens is 521 g/mol. The highest BCUT2D eigenvalue weighted by molar-refractivity contribution is 6.08. The summed E-state index contributed by atoms with van der Waals surface area (Å²) in [4.78, 5) is 26.9. The molecule has 0 unspecified atom stereocenters. The summed E-state index contributed by atoms with van der Waals surface area (Å²) in [6, 6.07) is 15.2. The van der Waals surface area contributed by atoms with Gasteiger partial charge in [0.2, 0.25) is 0 Å². The first-order chi connectivity index (χ1) is 18.6. The molecule has 39 heavy (non-hydrogen) atoms. The maximum atomic E-state index is 13.6. The Morgan fingerprint density at radius 1 is 0.872 bits per heavy atom. The van der Waals surface area contributed by atoms with Crippen LogP contribution in [0.3, 0.4) is 0 Å². The van der Waals surface area contributed by atoms with Crippen molar-refractivity contribution in [2.45, 2.75) is 12.6 Å². The Balaban J connectivity index is 1.24. The molecule has 0 bridgehead atoms. The molecule has 0 atom stereocenters. The third kappa shape index (κ3) is 5.84. The first-order valence-corrected chi connectivity index (χ1v) is 12.0. The lowest BCUT2D eigenvalue weighted by molar-refractivity contribution is -0.185. The van der Waals surface area contributed by atoms with Gasteiger partial charge in [-0.3, -0.25) is 14.7 Å². The molecule has 0 radical (unpaired) electrons. The Bertz CT molecular complexity index is 1510. The van der Waals surface area contributed by atoms with Crippen molar-refractivity contribution < 1.29 is 31.5 Å². The molecule has 1 saturated heterocycles. The third-order valence-corrected chi connectivity index (χ3v) is 6.49. The van der Waals surface area contributed by atoms with Gasteiger partial charge in [-0.05, 0) is 66.1 Å². The minimum Gasteiger partial charge on any atom is -0.368 e. The zero-order valence-corrected chi connectivity index (χ0v) is 20.4. The van der Waals surface area contributed by atoms with E-state index >= 15 is 0 Å². The van der Waals surface area contributed by atoms with Gasteiger partial charge < -0.3 is 15.1 Å². The van der Waals surface area contributed by atoms with E-state index in [0.717, 1.165) is 16.5 Å². The highest BCUT2D eigenvalue weighted by Gasteiger charge is 2.43. The van der Waals surface area contributed by atoms with Crippen LogP contribution in [-0.2, 0) is 11.2 Å². The smallest absolute Gasteiger partial charge is 0.368 e. The van der Waals surface area contributed by atoms with Crippen LogP contribution in [0.2, 0.25) is 0 Å². The number of aromatic nitrogens is 2. The van der Waals surface area contributed by atoms with Gasteiger partial charge in [-0.25, -0.2) is 8.78 Å². The molecule has 2 N–H and O–H groups in total. The van der Waals surface area contributed by atoms with Crippen molar-refractivity contribution in [2.24, 2.45) is 0 Å². The summed E-state index contributed by atoms with van der Waals surface area (Å²) in [5.74, 6) is -3.29. The number of piperazine rings is 1. The molecule has 2 heterocycles. The number of halogens is 5. The number of hydrogen-bond donors (Lipinski definition) is 2. The van der Waals surface area contributed by atoms with Crippen molar-refractivity contribution in [3.8, 4) is 0 Å². The molecule has 4 aromatic rings. The van der Waals surface area contributed by atoms with E-state index in [9.17, 15) is 31.5 Å². The van der Waals surface area contributed by atoms with Crippen molar-refractivity contribution in [2.75, 3.05) is 36.4 Å². The largest absolute Gasteiger partial charge is 0.471 e. The molecule has 1 fully saturated rings. The van der Waals surface area contributed by atoms with Gasteiger partial charge in [-0.1, -0.05) is 6.07 Å². The van der Waals surface area contributed by atoms with Crippen LogP contribution in [-0.4, -0.2) is 59.3 Å². The number of aromatic amines is 1. The maximum Gasteiger partial charge on any atom is 0.471 e. The summed E-state index contributed by atoms with van der Waals surface area (Å²) in [5, 5.41) is 10.4. The predicted octanol–water partition coefficient (Wildman–Crippen LogP) is 4.90. The molecule has 3 aromatic carbocycles. The van der Waals surface area contributed by atoms with Crippen LogP contribution in [0.1, 0.15) is 21.5 Å². The molecule has 1 aliphatic rings. The van der Waals surface area contributed by atoms with Gasteiger partial charge in [0.25, 0.3) is 5.91 Å². The molecule has 202 valence electrons. The van der Waals surface area contributed by atoms with E-state index in [1.54, 1.807) is 42.5 Å². The van der Waals surface area contributed by atoms with E-state index in [0.29, 0.717) is 27.7 Å². The van der Waals surface area contributed by atoms with E-state index in [1.807, 2.05) is 4.90 Å². The number of anilines is 2. The van der Waals surface area contributed by atoms with Gasteiger partial charge in [-0.2, -0.15) is 18.3 Å². The predicted molar refractivity (Wildman–Crippen MR) is 135 cm³/mol. The molecule has 7 nitrogen and oxygen atoms in total. The summed E-state index contributed by atoms with van der Waals surface area (Å²) >= 11 is 0. The lowest BCUT2D eigenvalue weighted by Crippen LogP contribution is -2.52. The number of nitrogens with zero attached hydrogens (tertiary/aromatic N) is 3. The van der Waals surface area contributed by atoms with Gasteiger partial charge in [0, 0.05) is 48.9 Å². The second-order valence-electron chi connectivity index (χ2n) is 9.18. The minimum absolute atomic E-state index is 0.0526. The first kappa shape index (κ1) is 26.1. The van der Waals surface area contributed by atoms with Crippen LogP contribution < -0.4 is 10.2 Å². The molecule has 12 heteroatoms. The Kier molecular flexibility index (Phi) is 6.94. The number of amides is 2. The molecule has 2 amide bonds. The van der Waals surface area contributed by atoms with Crippen LogP contribution in [0, 0.1) is 11.6 Å². The van der Waals surface area contributed by atoms with Crippen LogP contribution in [0.25, 0.3) is 10.9 Å². The van der Waals surface area contributed by atoms with Crippen molar-refractivity contribution in [1.82, 2.24) is 15.1 Å². The van der Waals surface area contributed by atoms with Gasteiger partial charge in [0.05, 0.1) is 5.52 Å². The summed E-state index contributed by atoms with van der Waals surface area (Å²) in [6.07, 6.45) is -4.61. The van der Waals surface area contributed by atoms with Crippen molar-refractivity contribution in [3.63, 3.8) is 0 Å². The van der Waals surface area contributed by atoms with Crippen molar-refractivity contribution in [3.05, 3.63) is 89.0 Å². The zero-order valence-electron chi connectivity index (χ0n) is 20.4. The van der Waals surface area contributed by atoms with Gasteiger partial charge in [0.1, 0.15) is 11.6 Å². The van der Waals surface area contributed by atoms with Gasteiger partial charge >= 0.3 is 12.1 Å². The fourth-order valence-electron chi connectivity index (χ4n) is 4.57. The zero-order chi connectivity index (χ0) is 27.7. The number of benzene rings is 3. The van der Waals surface area contributed by atoms with E-state index in [2.05, 4.69) is 15.5 Å². The van der Waals surface area contributed by atoms with Crippen LogP contribution in [0.15, 0.2) is 60.7 Å². The molecule has 0 spiro atoms. The number of alkyl halides is 3. The lowest BCUT2D eigenvalue weighted by Gasteiger charge is -2.36. The monoisotopic (exact) mass is 543 g/mol. The molecule has 1 aromatic heterocycles. The standard InChI is InChI=1S/C27H22F5N5O2/c28-19-12-17(13-20(29)15-19)11-16-1-6-23-22(14-16)24(35-34-23)33-25(38)18-2-4-21(5-3-18)36-7-9-37(10-8-36)26(39)27(30,31)32/h1-6,12-15H,7-11H2,(H2,33,34,35,38). The Morgan fingerprint density at radius 3 is 2.18 bits per heavy atom. The number of carbonyl (C=O) groups excluding carboxylic acids is 2. The third-order valence-electron chi connectivity index (χ3n) is 6.49. The summed E-state index contributed by atoms with van der Waals surface area (Å²) in [5.41, 5.74) is 2.96. The number of rotatable bonds is 5. The molecule has 0 aliphatic carbocycles. The number of carbonyl (C=O) groups is 2. The number of fused-ring (bicyclic) bond motifs is 1. The summed E-state index contributed by atoms with van der Waals surface area (Å²) < 4.78 is 65.1. The van der Waals surface area contributed by atoms with E-state index in [1.165, 1.54) is 12.1 Å². The highest BCUT2D eigenvalue weighted by Crippen LogP contribution is 2.25. The van der Waals surface area contributed by atoms with E-state index in [4.69, 9.17) is 0 Å². The highest BCUT2D eigenvalue weighted by atomic mass is 19.4. The van der Waals surface area contributed by atoms with Crippen molar-refractivity contribution >= 4 is 34.2 Å². The topological polar surface area (TPSA) is 81.3 Å². The van der Waals surface area contributed by atoms with Crippen LogP contribution in [0.4, 0.5) is 33.5 Å². The van der Waals surface area contributed by atoms with E-state index in [-0.39, 0.29) is 38.4 Å². The van der Waals surface area contributed by atoms with Crippen LogP contribution >= 0.6 is 0 Å². The maximum absolute atomic E-state index is 13.6. The molecule has 5 rings (SSSR count). The molecular formula is C27H22F5N5O2. The summed E-state index contributed by atoms with van der Waals surface area (Å²) in [6.45, 7) is 0.361. The van der Waals surface area contributed by atoms with E-state index < -0.39 is 29.6 Å². The number of hydrogen-bond acceptors (Lipinski definition) is 4. The van der Waals surface area contributed by atoms with Gasteiger partial charge in [-0.15, -0.1) is 0 Å².